The largest absolute Gasteiger partial charge is 0.396 e. The van der Waals surface area contributed by atoms with E-state index in [0.29, 0.717) is 22.9 Å². The minimum absolute atomic E-state index is 0.0202. The summed E-state index contributed by atoms with van der Waals surface area (Å²) in [4.78, 5) is 8.74. The third-order valence-electron chi connectivity index (χ3n) is 7.15. The van der Waals surface area contributed by atoms with Gasteiger partial charge < -0.3 is 20.9 Å². The summed E-state index contributed by atoms with van der Waals surface area (Å²) in [5.74, 6) is -0.581. The van der Waals surface area contributed by atoms with Crippen LogP contribution in [0.15, 0.2) is 48.9 Å². The van der Waals surface area contributed by atoms with Gasteiger partial charge in [-0.25, -0.2) is 13.8 Å². The summed E-state index contributed by atoms with van der Waals surface area (Å²) in [5, 5.41) is 16.9. The summed E-state index contributed by atoms with van der Waals surface area (Å²) >= 11 is 0. The first-order valence-electron chi connectivity index (χ1n) is 12.3. The van der Waals surface area contributed by atoms with Crippen LogP contribution in [0.5, 0.6) is 0 Å². The molecule has 3 aromatic heterocycles. The number of fused-ring (bicyclic) bond motifs is 1. The Labute approximate surface area is 213 Å². The van der Waals surface area contributed by atoms with E-state index in [4.69, 9.17) is 15.6 Å². The zero-order valence-corrected chi connectivity index (χ0v) is 20.7. The standard InChI is InChI=1S/C27H30F2N6O2/c1-15-9-17(12-22(30)26(15)37-2)19-5-7-31-14-24(19)33-27-32-13-18-3-4-23(34-35(18)27)25-20(28)10-16(6-8-36)11-21(25)29/h3-5,7,10-11,13-15,17,22,26,36H,6,8-9,12,30H2,1-2H3,(H,32,33)/t15-,17+,22+,26-/m0/s1. The lowest BCUT2D eigenvalue weighted by atomic mass is 9.74. The molecule has 1 aliphatic rings. The van der Waals surface area contributed by atoms with E-state index in [2.05, 4.69) is 27.3 Å². The summed E-state index contributed by atoms with van der Waals surface area (Å²) in [7, 11) is 1.70. The van der Waals surface area contributed by atoms with Crippen LogP contribution in [0.4, 0.5) is 20.4 Å². The molecule has 4 N–H and O–H groups in total. The molecule has 8 nitrogen and oxygen atoms in total. The molecule has 4 atom stereocenters. The minimum atomic E-state index is -0.739. The Morgan fingerprint density at radius 3 is 2.65 bits per heavy atom. The molecule has 4 aromatic rings. The highest BCUT2D eigenvalue weighted by Crippen LogP contribution is 2.40. The van der Waals surface area contributed by atoms with E-state index in [1.807, 2.05) is 6.07 Å². The summed E-state index contributed by atoms with van der Waals surface area (Å²) in [6, 6.07) is 7.61. The molecule has 1 saturated carbocycles. The third-order valence-corrected chi connectivity index (χ3v) is 7.15. The molecular weight excluding hydrogens is 478 g/mol. The van der Waals surface area contributed by atoms with Crippen LogP contribution in [0.2, 0.25) is 0 Å². The Balaban J connectivity index is 1.48. The van der Waals surface area contributed by atoms with Gasteiger partial charge in [-0.05, 0) is 72.6 Å². The van der Waals surface area contributed by atoms with E-state index in [9.17, 15) is 8.78 Å². The second-order valence-electron chi connectivity index (χ2n) is 9.64. The van der Waals surface area contributed by atoms with Crippen molar-refractivity contribution in [1.82, 2.24) is 19.6 Å². The fourth-order valence-corrected chi connectivity index (χ4v) is 5.46. The number of imidazole rings is 1. The van der Waals surface area contributed by atoms with Crippen LogP contribution >= 0.6 is 0 Å². The number of ether oxygens (including phenoxy) is 1. The van der Waals surface area contributed by atoms with Gasteiger partial charge in [-0.1, -0.05) is 6.92 Å². The van der Waals surface area contributed by atoms with Gasteiger partial charge >= 0.3 is 0 Å². The van der Waals surface area contributed by atoms with E-state index in [1.54, 1.807) is 37.8 Å². The first-order valence-corrected chi connectivity index (χ1v) is 12.3. The molecule has 1 aliphatic carbocycles. The van der Waals surface area contributed by atoms with Crippen molar-refractivity contribution in [2.75, 3.05) is 19.0 Å². The molecule has 1 fully saturated rings. The van der Waals surface area contributed by atoms with Crippen molar-refractivity contribution in [3.8, 4) is 11.3 Å². The molecule has 194 valence electrons. The normalized spacial score (nSPS) is 21.9. The van der Waals surface area contributed by atoms with Gasteiger partial charge in [-0.3, -0.25) is 4.98 Å². The quantitative estimate of drug-likeness (QED) is 0.343. The van der Waals surface area contributed by atoms with E-state index < -0.39 is 11.6 Å². The lowest BCUT2D eigenvalue weighted by molar-refractivity contribution is 0.00984. The smallest absolute Gasteiger partial charge is 0.229 e. The SMILES string of the molecule is CO[C@@H]1[C@H](N)C[C@H](c2ccncc2Nc2ncc3ccc(-c4c(F)cc(CCO)cc4F)nn23)C[C@@H]1C. The molecule has 0 unspecified atom stereocenters. The highest BCUT2D eigenvalue weighted by atomic mass is 19.1. The molecule has 0 radical (unpaired) electrons. The highest BCUT2D eigenvalue weighted by molar-refractivity contribution is 5.66. The van der Waals surface area contributed by atoms with Crippen LogP contribution in [0.25, 0.3) is 16.8 Å². The zero-order valence-electron chi connectivity index (χ0n) is 20.7. The van der Waals surface area contributed by atoms with Crippen molar-refractivity contribution in [2.24, 2.45) is 11.7 Å². The summed E-state index contributed by atoms with van der Waals surface area (Å²) in [6.45, 7) is 1.96. The molecule has 0 amide bonds. The maximum Gasteiger partial charge on any atom is 0.229 e. The van der Waals surface area contributed by atoms with Gasteiger partial charge in [-0.15, -0.1) is 0 Å². The number of aliphatic hydroxyl groups excluding tert-OH is 1. The van der Waals surface area contributed by atoms with Gasteiger partial charge in [-0.2, -0.15) is 9.61 Å². The number of hydrogen-bond donors (Lipinski definition) is 3. The fraction of sp³-hybridized carbons (Fsp3) is 0.370. The average Bonchev–Trinajstić information content (AvgIpc) is 3.26. The maximum absolute atomic E-state index is 14.8. The van der Waals surface area contributed by atoms with Crippen molar-refractivity contribution in [1.29, 1.82) is 0 Å². The topological polar surface area (TPSA) is 111 Å². The van der Waals surface area contributed by atoms with E-state index in [0.717, 1.165) is 24.1 Å². The van der Waals surface area contributed by atoms with Crippen LogP contribution in [-0.2, 0) is 11.2 Å². The molecule has 10 heteroatoms. The predicted octanol–water partition coefficient (Wildman–Crippen LogP) is 4.20. The lowest BCUT2D eigenvalue weighted by Gasteiger charge is -2.38. The number of nitrogens with one attached hydrogen (secondary N) is 1. The van der Waals surface area contributed by atoms with Crippen LogP contribution < -0.4 is 11.1 Å². The van der Waals surface area contributed by atoms with Gasteiger partial charge in [0.25, 0.3) is 0 Å². The second-order valence-corrected chi connectivity index (χ2v) is 9.64. The van der Waals surface area contributed by atoms with Crippen LogP contribution in [-0.4, -0.2) is 50.6 Å². The van der Waals surface area contributed by atoms with Crippen molar-refractivity contribution in [3.63, 3.8) is 0 Å². The van der Waals surface area contributed by atoms with E-state index in [1.165, 1.54) is 16.6 Å². The summed E-state index contributed by atoms with van der Waals surface area (Å²) in [6.07, 6.45) is 7.00. The van der Waals surface area contributed by atoms with Crippen LogP contribution in [0.3, 0.4) is 0 Å². The second kappa shape index (κ2) is 10.5. The van der Waals surface area contributed by atoms with Crippen LogP contribution in [0, 0.1) is 17.6 Å². The van der Waals surface area contributed by atoms with Gasteiger partial charge in [0.2, 0.25) is 5.95 Å². The number of benzene rings is 1. The van der Waals surface area contributed by atoms with Crippen LogP contribution in [0.1, 0.15) is 36.8 Å². The summed E-state index contributed by atoms with van der Waals surface area (Å²) < 4.78 is 36.8. The predicted molar refractivity (Wildman–Crippen MR) is 137 cm³/mol. The van der Waals surface area contributed by atoms with Gasteiger partial charge in [0, 0.05) is 26.0 Å². The molecule has 5 rings (SSSR count). The monoisotopic (exact) mass is 508 g/mol. The molecular formula is C27H30F2N6O2. The Kier molecular flexibility index (Phi) is 7.14. The Bertz CT molecular complexity index is 1380. The molecule has 0 saturated heterocycles. The summed E-state index contributed by atoms with van der Waals surface area (Å²) in [5.41, 5.74) is 9.20. The molecule has 0 aliphatic heterocycles. The van der Waals surface area contributed by atoms with E-state index in [-0.39, 0.29) is 42.3 Å². The molecule has 0 spiro atoms. The number of anilines is 2. The maximum atomic E-state index is 14.8. The van der Waals surface area contributed by atoms with Gasteiger partial charge in [0.15, 0.2) is 0 Å². The average molecular weight is 509 g/mol. The number of methoxy groups -OCH3 is 1. The van der Waals surface area contributed by atoms with E-state index >= 15 is 0 Å². The van der Waals surface area contributed by atoms with Gasteiger partial charge in [0.05, 0.1) is 41.0 Å². The van der Waals surface area contributed by atoms with Gasteiger partial charge in [0.1, 0.15) is 11.6 Å². The van der Waals surface area contributed by atoms with Crippen molar-refractivity contribution in [3.05, 3.63) is 71.7 Å². The number of aromatic nitrogens is 4. The Morgan fingerprint density at radius 2 is 1.95 bits per heavy atom. The zero-order chi connectivity index (χ0) is 26.1. The number of halogens is 2. The minimum Gasteiger partial charge on any atom is -0.396 e. The number of hydrogen-bond acceptors (Lipinski definition) is 7. The molecule has 0 bridgehead atoms. The van der Waals surface area contributed by atoms with Crippen molar-refractivity contribution in [2.45, 2.75) is 44.2 Å². The first-order chi connectivity index (χ1) is 17.9. The first kappa shape index (κ1) is 25.2. The highest BCUT2D eigenvalue weighted by Gasteiger charge is 2.35. The molecule has 1 aromatic carbocycles. The number of pyridine rings is 1. The third kappa shape index (κ3) is 4.92. The lowest BCUT2D eigenvalue weighted by Crippen LogP contribution is -2.45. The van der Waals surface area contributed by atoms with Crippen molar-refractivity contribution >= 4 is 17.2 Å². The number of aliphatic hydroxyl groups is 1. The fourth-order valence-electron chi connectivity index (χ4n) is 5.46. The number of nitrogens with zero attached hydrogens (tertiary/aromatic N) is 4. The Morgan fingerprint density at radius 1 is 1.16 bits per heavy atom. The number of rotatable bonds is 7. The molecule has 3 heterocycles. The Hall–Kier alpha value is -3.47. The molecule has 37 heavy (non-hydrogen) atoms. The van der Waals surface area contributed by atoms with Crippen molar-refractivity contribution < 1.29 is 18.6 Å². The number of nitrogens with two attached hydrogens (primary N) is 1.